The number of aliphatic hydroxyl groups is 1. The first kappa shape index (κ1) is 14.8. The molecule has 0 aliphatic rings. The van der Waals surface area contributed by atoms with E-state index in [1.54, 1.807) is 0 Å². The summed E-state index contributed by atoms with van der Waals surface area (Å²) in [5, 5.41) is 9.82. The minimum Gasteiger partial charge on any atom is -0.406 e. The van der Waals surface area contributed by atoms with Crippen LogP contribution in [0.2, 0.25) is 0 Å². The Morgan fingerprint density at radius 1 is 1.22 bits per heavy atom. The van der Waals surface area contributed by atoms with Crippen LogP contribution in [0.5, 0.6) is 5.75 Å². The van der Waals surface area contributed by atoms with Gasteiger partial charge in [0.15, 0.2) is 0 Å². The highest BCUT2D eigenvalue weighted by Crippen LogP contribution is 2.23. The summed E-state index contributed by atoms with van der Waals surface area (Å²) in [5.41, 5.74) is 0.789. The predicted molar refractivity (Wildman–Crippen MR) is 62.3 cm³/mol. The smallest absolute Gasteiger partial charge is 0.406 e. The Hall–Kier alpha value is -1.23. The quantitative estimate of drug-likeness (QED) is 0.879. The maximum absolute atomic E-state index is 11.9. The van der Waals surface area contributed by atoms with Crippen molar-refractivity contribution in [2.24, 2.45) is 5.92 Å². The molecule has 0 bridgehead atoms. The van der Waals surface area contributed by atoms with E-state index in [9.17, 15) is 18.3 Å². The van der Waals surface area contributed by atoms with E-state index in [2.05, 4.69) is 4.74 Å². The second-order valence-corrected chi connectivity index (χ2v) is 4.35. The highest BCUT2D eigenvalue weighted by Gasteiger charge is 2.30. The summed E-state index contributed by atoms with van der Waals surface area (Å²) in [6.07, 6.45) is -3.86. The summed E-state index contributed by atoms with van der Waals surface area (Å²) in [4.78, 5) is 0. The van der Waals surface area contributed by atoms with E-state index in [0.29, 0.717) is 6.42 Å². The molecule has 0 heterocycles. The summed E-state index contributed by atoms with van der Waals surface area (Å²) < 4.78 is 39.6. The van der Waals surface area contributed by atoms with Gasteiger partial charge in [0.05, 0.1) is 6.10 Å². The van der Waals surface area contributed by atoms with Crippen LogP contribution in [0.3, 0.4) is 0 Å². The molecule has 0 saturated carbocycles. The largest absolute Gasteiger partial charge is 0.573 e. The van der Waals surface area contributed by atoms with Crippen molar-refractivity contribution in [2.75, 3.05) is 0 Å². The first-order chi connectivity index (χ1) is 8.31. The molecule has 0 radical (unpaired) electrons. The van der Waals surface area contributed by atoms with Crippen molar-refractivity contribution in [2.45, 2.75) is 39.2 Å². The lowest BCUT2D eigenvalue weighted by atomic mass is 9.96. The predicted octanol–water partition coefficient (Wildman–Crippen LogP) is 3.53. The van der Waals surface area contributed by atoms with Crippen LogP contribution in [-0.4, -0.2) is 17.6 Å². The van der Waals surface area contributed by atoms with Crippen molar-refractivity contribution < 1.29 is 23.0 Å². The molecule has 5 heteroatoms. The van der Waals surface area contributed by atoms with Crippen molar-refractivity contribution >= 4 is 0 Å². The Balaban J connectivity index is 2.60. The monoisotopic (exact) mass is 262 g/mol. The molecule has 0 saturated heterocycles. The minimum absolute atomic E-state index is 0.163. The van der Waals surface area contributed by atoms with Gasteiger partial charge < -0.3 is 9.84 Å². The zero-order chi connectivity index (χ0) is 13.8. The summed E-state index contributed by atoms with van der Waals surface area (Å²) >= 11 is 0. The number of rotatable bonds is 5. The Bertz CT molecular complexity index is 359. The SMILES string of the molecule is CCC(C)C(O)Cc1ccc(OC(F)(F)F)cc1. The summed E-state index contributed by atoms with van der Waals surface area (Å²) in [6, 6.07) is 5.58. The van der Waals surface area contributed by atoms with E-state index in [4.69, 9.17) is 0 Å². The van der Waals surface area contributed by atoms with Crippen molar-refractivity contribution in [1.82, 2.24) is 0 Å². The second-order valence-electron chi connectivity index (χ2n) is 4.35. The third-order valence-corrected chi connectivity index (χ3v) is 2.90. The maximum atomic E-state index is 11.9. The fourth-order valence-corrected chi connectivity index (χ4v) is 1.54. The van der Waals surface area contributed by atoms with E-state index < -0.39 is 12.5 Å². The maximum Gasteiger partial charge on any atom is 0.573 e. The van der Waals surface area contributed by atoms with Crippen LogP contribution in [0.25, 0.3) is 0 Å². The lowest BCUT2D eigenvalue weighted by Gasteiger charge is -2.17. The number of aliphatic hydroxyl groups excluding tert-OH is 1. The molecule has 1 aromatic carbocycles. The third-order valence-electron chi connectivity index (χ3n) is 2.90. The molecule has 18 heavy (non-hydrogen) atoms. The standard InChI is InChI=1S/C13H17F3O2/c1-3-9(2)12(17)8-10-4-6-11(7-5-10)18-13(14,15)16/h4-7,9,12,17H,3,8H2,1-2H3. The molecule has 0 amide bonds. The molecule has 0 spiro atoms. The molecule has 1 aromatic rings. The molecule has 2 nitrogen and oxygen atoms in total. The van der Waals surface area contributed by atoms with Crippen LogP contribution in [0.4, 0.5) is 13.2 Å². The fraction of sp³-hybridized carbons (Fsp3) is 0.538. The van der Waals surface area contributed by atoms with E-state index >= 15 is 0 Å². The molecular weight excluding hydrogens is 245 g/mol. The van der Waals surface area contributed by atoms with Gasteiger partial charge in [-0.2, -0.15) is 0 Å². The van der Waals surface area contributed by atoms with Gasteiger partial charge in [-0.15, -0.1) is 13.2 Å². The van der Waals surface area contributed by atoms with Gasteiger partial charge in [0.25, 0.3) is 0 Å². The number of ether oxygens (including phenoxy) is 1. The van der Waals surface area contributed by atoms with Gasteiger partial charge in [0.1, 0.15) is 5.75 Å². The van der Waals surface area contributed by atoms with Crippen LogP contribution in [-0.2, 0) is 6.42 Å². The zero-order valence-corrected chi connectivity index (χ0v) is 10.4. The number of alkyl halides is 3. The second kappa shape index (κ2) is 6.09. The lowest BCUT2D eigenvalue weighted by molar-refractivity contribution is -0.274. The van der Waals surface area contributed by atoms with Crippen LogP contribution in [0.1, 0.15) is 25.8 Å². The van der Waals surface area contributed by atoms with Gasteiger partial charge in [0, 0.05) is 0 Å². The van der Waals surface area contributed by atoms with Gasteiger partial charge in [-0.25, -0.2) is 0 Å². The molecule has 0 aromatic heterocycles. The molecule has 0 aliphatic heterocycles. The molecule has 0 aliphatic carbocycles. The van der Waals surface area contributed by atoms with Crippen LogP contribution < -0.4 is 4.74 Å². The van der Waals surface area contributed by atoms with E-state index in [1.165, 1.54) is 24.3 Å². The molecule has 1 N–H and O–H groups in total. The molecule has 1 rings (SSSR count). The van der Waals surface area contributed by atoms with Gasteiger partial charge in [-0.05, 0) is 30.0 Å². The topological polar surface area (TPSA) is 29.5 Å². The number of benzene rings is 1. The lowest BCUT2D eigenvalue weighted by Crippen LogP contribution is -2.19. The number of hydrogen-bond donors (Lipinski definition) is 1. The summed E-state index contributed by atoms with van der Waals surface area (Å²) in [6.45, 7) is 3.92. The summed E-state index contributed by atoms with van der Waals surface area (Å²) in [7, 11) is 0. The molecule has 102 valence electrons. The first-order valence-corrected chi connectivity index (χ1v) is 5.84. The third kappa shape index (κ3) is 4.96. The Morgan fingerprint density at radius 2 is 1.78 bits per heavy atom. The molecular formula is C13H17F3O2. The highest BCUT2D eigenvalue weighted by atomic mass is 19.4. The Labute approximate surface area is 104 Å². The average Bonchev–Trinajstić information content (AvgIpc) is 2.28. The summed E-state index contributed by atoms with van der Waals surface area (Å²) in [5.74, 6) is -0.0830. The fourth-order valence-electron chi connectivity index (χ4n) is 1.54. The van der Waals surface area contributed by atoms with Gasteiger partial charge >= 0.3 is 6.36 Å². The Morgan fingerprint density at radius 3 is 2.22 bits per heavy atom. The van der Waals surface area contributed by atoms with E-state index in [1.807, 2.05) is 13.8 Å². The van der Waals surface area contributed by atoms with Crippen molar-refractivity contribution in [3.63, 3.8) is 0 Å². The van der Waals surface area contributed by atoms with Crippen molar-refractivity contribution in [3.05, 3.63) is 29.8 Å². The molecule has 2 atom stereocenters. The van der Waals surface area contributed by atoms with Crippen LogP contribution in [0.15, 0.2) is 24.3 Å². The normalized spacial score (nSPS) is 15.2. The number of hydrogen-bond acceptors (Lipinski definition) is 2. The minimum atomic E-state index is -4.67. The van der Waals surface area contributed by atoms with Crippen molar-refractivity contribution in [1.29, 1.82) is 0 Å². The first-order valence-electron chi connectivity index (χ1n) is 5.84. The Kier molecular flexibility index (Phi) is 5.02. The van der Waals surface area contributed by atoms with Crippen LogP contribution in [0, 0.1) is 5.92 Å². The van der Waals surface area contributed by atoms with Gasteiger partial charge in [-0.1, -0.05) is 32.4 Å². The molecule has 0 fully saturated rings. The van der Waals surface area contributed by atoms with E-state index in [-0.39, 0.29) is 11.7 Å². The average molecular weight is 262 g/mol. The van der Waals surface area contributed by atoms with Crippen LogP contribution >= 0.6 is 0 Å². The zero-order valence-electron chi connectivity index (χ0n) is 10.4. The highest BCUT2D eigenvalue weighted by molar-refractivity contribution is 5.27. The number of halogens is 3. The van der Waals surface area contributed by atoms with Crippen molar-refractivity contribution in [3.8, 4) is 5.75 Å². The van der Waals surface area contributed by atoms with Gasteiger partial charge in [-0.3, -0.25) is 0 Å². The molecule has 2 unspecified atom stereocenters. The van der Waals surface area contributed by atoms with E-state index in [0.717, 1.165) is 12.0 Å². The van der Waals surface area contributed by atoms with Gasteiger partial charge in [0.2, 0.25) is 0 Å².